The number of nitrogens with zero attached hydrogens (tertiary/aromatic N) is 2. The van der Waals surface area contributed by atoms with E-state index < -0.39 is 10.0 Å². The summed E-state index contributed by atoms with van der Waals surface area (Å²) in [6, 6.07) is 1.59. The number of rotatable bonds is 3. The Kier molecular flexibility index (Phi) is 3.42. The molecule has 1 fully saturated rings. The molecule has 0 bridgehead atoms. The van der Waals surface area contributed by atoms with Crippen LogP contribution in [0.1, 0.15) is 19.3 Å². The highest BCUT2D eigenvalue weighted by Gasteiger charge is 2.33. The number of hydrogen-bond donors (Lipinski definition) is 1. The number of sulfonamides is 1. The fraction of sp³-hybridized carbons (Fsp3) is 0.500. The van der Waals surface area contributed by atoms with Crippen LogP contribution >= 0.6 is 15.9 Å². The Morgan fingerprint density at radius 3 is 2.71 bits per heavy atom. The van der Waals surface area contributed by atoms with Crippen molar-refractivity contribution < 1.29 is 8.42 Å². The zero-order valence-electron chi connectivity index (χ0n) is 9.43. The summed E-state index contributed by atoms with van der Waals surface area (Å²) < 4.78 is 26.7. The van der Waals surface area contributed by atoms with Gasteiger partial charge in [0.2, 0.25) is 10.0 Å². The van der Waals surface area contributed by atoms with E-state index in [-0.39, 0.29) is 16.8 Å². The van der Waals surface area contributed by atoms with E-state index in [9.17, 15) is 8.42 Å². The van der Waals surface area contributed by atoms with Gasteiger partial charge in [-0.2, -0.15) is 4.31 Å². The molecule has 0 radical (unpaired) electrons. The molecule has 0 atom stereocenters. The van der Waals surface area contributed by atoms with Gasteiger partial charge in [0.25, 0.3) is 0 Å². The monoisotopic (exact) mass is 319 g/mol. The quantitative estimate of drug-likeness (QED) is 0.918. The molecule has 0 aliphatic heterocycles. The van der Waals surface area contributed by atoms with Crippen molar-refractivity contribution in [3.05, 3.63) is 16.7 Å². The van der Waals surface area contributed by atoms with Crippen LogP contribution in [0, 0.1) is 0 Å². The molecule has 0 saturated heterocycles. The van der Waals surface area contributed by atoms with Gasteiger partial charge in [0.1, 0.15) is 10.7 Å². The Labute approximate surface area is 109 Å². The molecule has 17 heavy (non-hydrogen) atoms. The van der Waals surface area contributed by atoms with E-state index in [1.807, 2.05) is 0 Å². The lowest BCUT2D eigenvalue weighted by atomic mass is 9.94. The first kappa shape index (κ1) is 12.8. The molecular formula is C10H14BrN3O2S. The summed E-state index contributed by atoms with van der Waals surface area (Å²) in [7, 11) is -1.94. The Balaban J connectivity index is 2.39. The van der Waals surface area contributed by atoms with Gasteiger partial charge in [0.15, 0.2) is 0 Å². The maximum absolute atomic E-state index is 12.3. The Morgan fingerprint density at radius 2 is 2.18 bits per heavy atom. The SMILES string of the molecule is CN(C1CCC1)S(=O)(=O)c1cc(Br)cnc1N. The topological polar surface area (TPSA) is 76.3 Å². The zero-order chi connectivity index (χ0) is 12.6. The first-order valence-electron chi connectivity index (χ1n) is 5.32. The fourth-order valence-corrected chi connectivity index (χ4v) is 3.73. The van der Waals surface area contributed by atoms with Crippen LogP contribution in [0.3, 0.4) is 0 Å². The van der Waals surface area contributed by atoms with Crippen LogP contribution in [0.4, 0.5) is 5.82 Å². The summed E-state index contributed by atoms with van der Waals surface area (Å²) in [5.74, 6) is 0.0411. The van der Waals surface area contributed by atoms with Gasteiger partial charge in [-0.25, -0.2) is 13.4 Å². The van der Waals surface area contributed by atoms with E-state index in [0.29, 0.717) is 4.47 Å². The van der Waals surface area contributed by atoms with Gasteiger partial charge in [0, 0.05) is 23.8 Å². The molecule has 5 nitrogen and oxygen atoms in total. The molecular weight excluding hydrogens is 306 g/mol. The van der Waals surface area contributed by atoms with Crippen LogP contribution in [-0.4, -0.2) is 30.8 Å². The first-order valence-corrected chi connectivity index (χ1v) is 7.55. The summed E-state index contributed by atoms with van der Waals surface area (Å²) in [5, 5.41) is 0. The van der Waals surface area contributed by atoms with E-state index in [0.717, 1.165) is 19.3 Å². The largest absolute Gasteiger partial charge is 0.383 e. The molecule has 0 amide bonds. The van der Waals surface area contributed by atoms with E-state index in [1.165, 1.54) is 16.6 Å². The minimum atomic E-state index is -3.54. The van der Waals surface area contributed by atoms with Crippen molar-refractivity contribution in [3.63, 3.8) is 0 Å². The Hall–Kier alpha value is -0.660. The zero-order valence-corrected chi connectivity index (χ0v) is 11.8. The fourth-order valence-electron chi connectivity index (χ4n) is 1.74. The molecule has 1 heterocycles. The van der Waals surface area contributed by atoms with Gasteiger partial charge in [-0.05, 0) is 34.8 Å². The summed E-state index contributed by atoms with van der Waals surface area (Å²) in [6.45, 7) is 0. The highest BCUT2D eigenvalue weighted by molar-refractivity contribution is 9.10. The predicted octanol–water partition coefficient (Wildman–Crippen LogP) is 1.60. The summed E-state index contributed by atoms with van der Waals surface area (Å²) in [6.07, 6.45) is 4.39. The lowest BCUT2D eigenvalue weighted by molar-refractivity contribution is 0.249. The number of pyridine rings is 1. The molecule has 94 valence electrons. The van der Waals surface area contributed by atoms with Crippen molar-refractivity contribution >= 4 is 31.8 Å². The molecule has 0 unspecified atom stereocenters. The van der Waals surface area contributed by atoms with Crippen molar-refractivity contribution in [1.29, 1.82) is 0 Å². The Morgan fingerprint density at radius 1 is 1.53 bits per heavy atom. The highest BCUT2D eigenvalue weighted by atomic mass is 79.9. The molecule has 0 aromatic carbocycles. The van der Waals surface area contributed by atoms with Crippen LogP contribution in [0.25, 0.3) is 0 Å². The first-order chi connectivity index (χ1) is 7.93. The third-order valence-corrected chi connectivity index (χ3v) is 5.47. The maximum Gasteiger partial charge on any atom is 0.246 e. The minimum Gasteiger partial charge on any atom is -0.383 e. The standard InChI is InChI=1S/C10H14BrN3O2S/c1-14(8-3-2-4-8)17(15,16)9-5-7(11)6-13-10(9)12/h5-6,8H,2-4H2,1H3,(H2,12,13). The van der Waals surface area contributed by atoms with Crippen molar-refractivity contribution in [2.75, 3.05) is 12.8 Å². The van der Waals surface area contributed by atoms with Crippen LogP contribution in [0.2, 0.25) is 0 Å². The van der Waals surface area contributed by atoms with Gasteiger partial charge in [-0.3, -0.25) is 0 Å². The minimum absolute atomic E-state index is 0.0411. The van der Waals surface area contributed by atoms with Crippen LogP contribution in [0.15, 0.2) is 21.6 Å². The van der Waals surface area contributed by atoms with Crippen molar-refractivity contribution in [3.8, 4) is 0 Å². The molecule has 2 N–H and O–H groups in total. The van der Waals surface area contributed by atoms with Crippen LogP contribution in [0.5, 0.6) is 0 Å². The summed E-state index contributed by atoms with van der Waals surface area (Å²) in [5.41, 5.74) is 5.64. The van der Waals surface area contributed by atoms with E-state index in [1.54, 1.807) is 7.05 Å². The highest BCUT2D eigenvalue weighted by Crippen LogP contribution is 2.30. The average molecular weight is 320 g/mol. The lowest BCUT2D eigenvalue weighted by Gasteiger charge is -2.33. The summed E-state index contributed by atoms with van der Waals surface area (Å²) in [4.78, 5) is 3.93. The van der Waals surface area contributed by atoms with Crippen molar-refractivity contribution in [1.82, 2.24) is 9.29 Å². The van der Waals surface area contributed by atoms with Gasteiger partial charge >= 0.3 is 0 Å². The number of nitrogen functional groups attached to an aromatic ring is 1. The molecule has 1 aliphatic carbocycles. The predicted molar refractivity (Wildman–Crippen MR) is 68.9 cm³/mol. The van der Waals surface area contributed by atoms with Gasteiger partial charge < -0.3 is 5.73 Å². The average Bonchev–Trinajstić information content (AvgIpc) is 2.19. The van der Waals surface area contributed by atoms with Crippen LogP contribution in [-0.2, 0) is 10.0 Å². The number of aromatic nitrogens is 1. The van der Waals surface area contributed by atoms with Gasteiger partial charge in [-0.1, -0.05) is 6.42 Å². The second-order valence-electron chi connectivity index (χ2n) is 4.14. The molecule has 1 aliphatic rings. The Bertz CT molecular complexity index is 528. The lowest BCUT2D eigenvalue weighted by Crippen LogP contribution is -2.41. The smallest absolute Gasteiger partial charge is 0.246 e. The van der Waals surface area contributed by atoms with Crippen molar-refractivity contribution in [2.45, 2.75) is 30.2 Å². The second kappa shape index (κ2) is 4.55. The van der Waals surface area contributed by atoms with E-state index in [2.05, 4.69) is 20.9 Å². The normalized spacial score (nSPS) is 17.1. The summed E-state index contributed by atoms with van der Waals surface area (Å²) >= 11 is 3.20. The van der Waals surface area contributed by atoms with Crippen molar-refractivity contribution in [2.24, 2.45) is 0 Å². The van der Waals surface area contributed by atoms with Gasteiger partial charge in [-0.15, -0.1) is 0 Å². The third kappa shape index (κ3) is 2.31. The second-order valence-corrected chi connectivity index (χ2v) is 7.02. The molecule has 1 saturated carbocycles. The molecule has 1 aromatic heterocycles. The van der Waals surface area contributed by atoms with Crippen LogP contribution < -0.4 is 5.73 Å². The molecule has 0 spiro atoms. The molecule has 7 heteroatoms. The number of hydrogen-bond acceptors (Lipinski definition) is 4. The molecule has 1 aromatic rings. The molecule has 2 rings (SSSR count). The maximum atomic E-state index is 12.3. The number of halogens is 1. The number of anilines is 1. The number of nitrogens with two attached hydrogens (primary N) is 1. The van der Waals surface area contributed by atoms with Gasteiger partial charge in [0.05, 0.1) is 0 Å². The van der Waals surface area contributed by atoms with E-state index >= 15 is 0 Å². The third-order valence-electron chi connectivity index (χ3n) is 3.09. The van der Waals surface area contributed by atoms with E-state index in [4.69, 9.17) is 5.73 Å².